The largest absolute Gasteiger partial charge is 0.476 e. The average Bonchev–Trinajstić information content (AvgIpc) is 2.39. The van der Waals surface area contributed by atoms with Crippen molar-refractivity contribution in [3.05, 3.63) is 47.9 Å². The second-order valence-corrected chi connectivity index (χ2v) is 3.37. The van der Waals surface area contributed by atoms with Crippen LogP contribution in [0.5, 0.6) is 0 Å². The minimum atomic E-state index is -1.35. The first-order valence-corrected chi connectivity index (χ1v) is 5.04. The van der Waals surface area contributed by atoms with Gasteiger partial charge in [-0.3, -0.25) is 9.78 Å². The van der Waals surface area contributed by atoms with Crippen LogP contribution in [0.1, 0.15) is 20.8 Å². The lowest BCUT2D eigenvalue weighted by Crippen LogP contribution is -2.18. The Morgan fingerprint density at radius 2 is 1.95 bits per heavy atom. The standard InChI is InChI=1S/C11H7FN4O3/c12-7-5-13-2-1-6(7)10(17)16-9-8(11(18)19)14-3-4-15-9/h1-5H,(H,18,19)(H,15,16,17). The molecule has 0 bridgehead atoms. The van der Waals surface area contributed by atoms with E-state index in [1.807, 2.05) is 0 Å². The molecule has 1 amide bonds. The summed E-state index contributed by atoms with van der Waals surface area (Å²) in [7, 11) is 0. The molecule has 2 aromatic rings. The van der Waals surface area contributed by atoms with Crippen molar-refractivity contribution in [1.29, 1.82) is 0 Å². The fraction of sp³-hybridized carbons (Fsp3) is 0. The lowest BCUT2D eigenvalue weighted by atomic mass is 10.2. The van der Waals surface area contributed by atoms with Crippen LogP contribution in [0.15, 0.2) is 30.9 Å². The third kappa shape index (κ3) is 2.68. The fourth-order valence-electron chi connectivity index (χ4n) is 1.32. The molecule has 0 aromatic carbocycles. The molecule has 0 aliphatic rings. The predicted octanol–water partition coefficient (Wildman–Crippen LogP) is 0.961. The SMILES string of the molecule is O=C(Nc1nccnc1C(=O)O)c1ccncc1F. The number of carboxylic acid groups (broad SMARTS) is 1. The summed E-state index contributed by atoms with van der Waals surface area (Å²) in [6.45, 7) is 0. The Morgan fingerprint density at radius 1 is 1.21 bits per heavy atom. The number of rotatable bonds is 3. The van der Waals surface area contributed by atoms with E-state index in [4.69, 9.17) is 5.11 Å². The molecule has 19 heavy (non-hydrogen) atoms. The summed E-state index contributed by atoms with van der Waals surface area (Å²) < 4.78 is 13.3. The van der Waals surface area contributed by atoms with Gasteiger partial charge in [0.15, 0.2) is 17.3 Å². The van der Waals surface area contributed by atoms with Crippen LogP contribution < -0.4 is 5.32 Å². The maximum atomic E-state index is 13.3. The number of hydrogen-bond donors (Lipinski definition) is 2. The third-order valence-corrected chi connectivity index (χ3v) is 2.15. The van der Waals surface area contributed by atoms with Crippen molar-refractivity contribution in [2.45, 2.75) is 0 Å². The highest BCUT2D eigenvalue weighted by Gasteiger charge is 2.17. The lowest BCUT2D eigenvalue weighted by Gasteiger charge is -2.06. The molecule has 0 spiro atoms. The second-order valence-electron chi connectivity index (χ2n) is 3.37. The summed E-state index contributed by atoms with van der Waals surface area (Å²) in [5.74, 6) is -3.25. The van der Waals surface area contributed by atoms with Gasteiger partial charge in [-0.25, -0.2) is 19.2 Å². The van der Waals surface area contributed by atoms with Crippen molar-refractivity contribution in [3.8, 4) is 0 Å². The zero-order valence-electron chi connectivity index (χ0n) is 9.37. The van der Waals surface area contributed by atoms with Crippen LogP contribution in [0.3, 0.4) is 0 Å². The first kappa shape index (κ1) is 12.6. The van der Waals surface area contributed by atoms with Gasteiger partial charge in [-0.15, -0.1) is 0 Å². The number of nitrogens with one attached hydrogen (secondary N) is 1. The number of hydrogen-bond acceptors (Lipinski definition) is 5. The minimum Gasteiger partial charge on any atom is -0.476 e. The summed E-state index contributed by atoms with van der Waals surface area (Å²) >= 11 is 0. The first-order chi connectivity index (χ1) is 9.09. The Hall–Kier alpha value is -2.90. The normalized spacial score (nSPS) is 9.95. The number of carbonyl (C=O) groups is 2. The number of amides is 1. The van der Waals surface area contributed by atoms with E-state index in [0.717, 1.165) is 6.20 Å². The van der Waals surface area contributed by atoms with E-state index < -0.39 is 23.4 Å². The average molecular weight is 262 g/mol. The Labute approximate surface area is 106 Å². The van der Waals surface area contributed by atoms with Gasteiger partial charge < -0.3 is 10.4 Å². The van der Waals surface area contributed by atoms with Crippen molar-refractivity contribution in [2.75, 3.05) is 5.32 Å². The Bertz CT molecular complexity index is 647. The number of aromatic nitrogens is 3. The van der Waals surface area contributed by atoms with Crippen LogP contribution in [0, 0.1) is 5.82 Å². The molecule has 0 radical (unpaired) electrons. The van der Waals surface area contributed by atoms with Crippen molar-refractivity contribution in [3.63, 3.8) is 0 Å². The highest BCUT2D eigenvalue weighted by atomic mass is 19.1. The van der Waals surface area contributed by atoms with Crippen LogP contribution in [0.4, 0.5) is 10.2 Å². The van der Waals surface area contributed by atoms with Crippen LogP contribution >= 0.6 is 0 Å². The Morgan fingerprint density at radius 3 is 2.63 bits per heavy atom. The topological polar surface area (TPSA) is 105 Å². The molecule has 2 aromatic heterocycles. The van der Waals surface area contributed by atoms with Crippen molar-refractivity contribution in [1.82, 2.24) is 15.0 Å². The monoisotopic (exact) mass is 262 g/mol. The van der Waals surface area contributed by atoms with E-state index in [2.05, 4.69) is 20.3 Å². The van der Waals surface area contributed by atoms with Gasteiger partial charge in [-0.2, -0.15) is 0 Å². The molecule has 0 atom stereocenters. The molecule has 0 unspecified atom stereocenters. The molecule has 0 aliphatic heterocycles. The molecule has 7 nitrogen and oxygen atoms in total. The van der Waals surface area contributed by atoms with Gasteiger partial charge in [0.1, 0.15) is 0 Å². The molecule has 0 aliphatic carbocycles. The van der Waals surface area contributed by atoms with Crippen LogP contribution in [-0.4, -0.2) is 31.9 Å². The Kier molecular flexibility index (Phi) is 3.42. The second kappa shape index (κ2) is 5.17. The molecule has 0 fully saturated rings. The molecule has 0 saturated carbocycles. The molecule has 96 valence electrons. The highest BCUT2D eigenvalue weighted by Crippen LogP contribution is 2.11. The van der Waals surface area contributed by atoms with Gasteiger partial charge in [0.05, 0.1) is 11.8 Å². The van der Waals surface area contributed by atoms with E-state index >= 15 is 0 Å². The molecular weight excluding hydrogens is 255 g/mol. The van der Waals surface area contributed by atoms with Gasteiger partial charge in [-0.05, 0) is 6.07 Å². The summed E-state index contributed by atoms with van der Waals surface area (Å²) in [4.78, 5) is 33.4. The van der Waals surface area contributed by atoms with Crippen LogP contribution in [0.2, 0.25) is 0 Å². The molecule has 2 rings (SSSR count). The highest BCUT2D eigenvalue weighted by molar-refractivity contribution is 6.06. The number of pyridine rings is 1. The number of carboxylic acids is 1. The van der Waals surface area contributed by atoms with E-state index in [9.17, 15) is 14.0 Å². The maximum absolute atomic E-state index is 13.3. The number of aromatic carboxylic acids is 1. The minimum absolute atomic E-state index is 0.254. The summed E-state index contributed by atoms with van der Waals surface area (Å²) in [6.07, 6.45) is 4.51. The van der Waals surface area contributed by atoms with Gasteiger partial charge in [0, 0.05) is 18.6 Å². The van der Waals surface area contributed by atoms with Crippen LogP contribution in [-0.2, 0) is 0 Å². The number of nitrogens with zero attached hydrogens (tertiary/aromatic N) is 3. The van der Waals surface area contributed by atoms with Crippen molar-refractivity contribution in [2.24, 2.45) is 0 Å². The van der Waals surface area contributed by atoms with Crippen molar-refractivity contribution < 1.29 is 19.1 Å². The molecule has 2 N–H and O–H groups in total. The molecule has 8 heteroatoms. The van der Waals surface area contributed by atoms with E-state index in [1.54, 1.807) is 0 Å². The number of halogens is 1. The summed E-state index contributed by atoms with van der Waals surface area (Å²) in [5, 5.41) is 11.1. The van der Waals surface area contributed by atoms with E-state index in [1.165, 1.54) is 24.7 Å². The van der Waals surface area contributed by atoms with Gasteiger partial charge in [0.2, 0.25) is 0 Å². The molecule has 0 saturated heterocycles. The quantitative estimate of drug-likeness (QED) is 0.853. The van der Waals surface area contributed by atoms with Gasteiger partial charge in [0.25, 0.3) is 5.91 Å². The zero-order valence-corrected chi connectivity index (χ0v) is 9.37. The van der Waals surface area contributed by atoms with Gasteiger partial charge >= 0.3 is 5.97 Å². The van der Waals surface area contributed by atoms with E-state index in [-0.39, 0.29) is 11.4 Å². The van der Waals surface area contributed by atoms with E-state index in [0.29, 0.717) is 0 Å². The first-order valence-electron chi connectivity index (χ1n) is 5.04. The third-order valence-electron chi connectivity index (χ3n) is 2.15. The lowest BCUT2D eigenvalue weighted by molar-refractivity contribution is 0.0691. The summed E-state index contributed by atoms with van der Waals surface area (Å²) in [6, 6.07) is 1.17. The van der Waals surface area contributed by atoms with Crippen LogP contribution in [0.25, 0.3) is 0 Å². The number of anilines is 1. The predicted molar refractivity (Wildman–Crippen MR) is 61.1 cm³/mol. The Balaban J connectivity index is 2.30. The van der Waals surface area contributed by atoms with Gasteiger partial charge in [-0.1, -0.05) is 0 Å². The maximum Gasteiger partial charge on any atom is 0.358 e. The van der Waals surface area contributed by atoms with Crippen molar-refractivity contribution >= 4 is 17.7 Å². The zero-order chi connectivity index (χ0) is 13.8. The molecular formula is C11H7FN4O3. The summed E-state index contributed by atoms with van der Waals surface area (Å²) in [5.41, 5.74) is -0.692. The number of carbonyl (C=O) groups excluding carboxylic acids is 1. The molecule has 2 heterocycles. The smallest absolute Gasteiger partial charge is 0.358 e. The fourth-order valence-corrected chi connectivity index (χ4v) is 1.32.